The summed E-state index contributed by atoms with van der Waals surface area (Å²) in [6, 6.07) is -1.18. The summed E-state index contributed by atoms with van der Waals surface area (Å²) in [7, 11) is 0. The number of aliphatic hydroxyl groups excluding tert-OH is 1. The van der Waals surface area contributed by atoms with E-state index in [1.807, 2.05) is 0 Å². The summed E-state index contributed by atoms with van der Waals surface area (Å²) in [6.45, 7) is 1.39. The molecule has 0 aromatic carbocycles. The van der Waals surface area contributed by atoms with Crippen molar-refractivity contribution in [2.75, 3.05) is 26.2 Å². The average molecular weight is 502 g/mol. The fourth-order valence-corrected chi connectivity index (χ4v) is 3.89. The maximum atomic E-state index is 12.0. The Hall–Kier alpha value is -1.97. The molecule has 0 aromatic rings. The number of aliphatic carboxylic acids is 2. The Morgan fingerprint density at radius 1 is 0.914 bits per heavy atom. The van der Waals surface area contributed by atoms with E-state index in [9.17, 15) is 19.5 Å². The molecule has 9 heteroatoms. The zero-order valence-corrected chi connectivity index (χ0v) is 22.1. The number of carboxylic acids is 2. The van der Waals surface area contributed by atoms with Gasteiger partial charge in [0.15, 0.2) is 0 Å². The summed E-state index contributed by atoms with van der Waals surface area (Å²) in [5.41, 5.74) is 0. The van der Waals surface area contributed by atoms with Crippen LogP contribution in [0.15, 0.2) is 12.2 Å². The number of hydrogen-bond acceptors (Lipinski definition) is 6. The van der Waals surface area contributed by atoms with Crippen LogP contribution in [0.4, 0.5) is 0 Å². The van der Waals surface area contributed by atoms with E-state index in [0.717, 1.165) is 37.0 Å². The van der Waals surface area contributed by atoms with Gasteiger partial charge < -0.3 is 31.6 Å². The van der Waals surface area contributed by atoms with Crippen LogP contribution in [-0.4, -0.2) is 65.2 Å². The molecule has 7 N–H and O–H groups in total. The normalized spacial score (nSPS) is 12.0. The zero-order chi connectivity index (χ0) is 25.4. The van der Waals surface area contributed by atoms with Crippen molar-refractivity contribution < 1.29 is 29.7 Å². The Morgan fingerprint density at radius 2 is 1.46 bits per heavy atom. The predicted octanol–water partition coefficient (Wildman–Crippen LogP) is 3.40. The van der Waals surface area contributed by atoms with Crippen LogP contribution < -0.4 is 16.6 Å². The van der Waals surface area contributed by atoms with Gasteiger partial charge in [0.05, 0.1) is 25.2 Å². The molecule has 0 aliphatic carbocycles. The molecule has 0 spiro atoms. The zero-order valence-electron chi connectivity index (χ0n) is 22.1. The number of nitrogens with zero attached hydrogens (tertiary/aromatic N) is 1. The molecule has 9 nitrogen and oxygen atoms in total. The topological polar surface area (TPSA) is 166 Å². The highest BCUT2D eigenvalue weighted by Crippen LogP contribution is 2.10. The van der Waals surface area contributed by atoms with E-state index in [1.54, 1.807) is 0 Å². The Balaban J connectivity index is 0. The van der Waals surface area contributed by atoms with Crippen molar-refractivity contribution >= 4 is 17.8 Å². The number of unbranched alkanes of at least 4 members (excludes halogenated alkanes) is 11. The number of amides is 1. The number of rotatable bonds is 24. The molecule has 1 atom stereocenters. The highest BCUT2D eigenvalue weighted by atomic mass is 16.4. The molecular formula is C26H51N3O6. The van der Waals surface area contributed by atoms with Crippen LogP contribution in [0.3, 0.4) is 0 Å². The fourth-order valence-electron chi connectivity index (χ4n) is 3.89. The highest BCUT2D eigenvalue weighted by molar-refractivity contribution is 5.76. The van der Waals surface area contributed by atoms with Crippen LogP contribution in [0.5, 0.6) is 0 Å². The maximum Gasteiger partial charge on any atom is 0.317 e. The molecule has 0 heterocycles. The molecule has 0 radical (unpaired) electrons. The molecule has 0 aliphatic rings. The fraction of sp³-hybridized carbons (Fsp3) is 0.808. The molecule has 0 saturated heterocycles. The number of aliphatic hydroxyl groups is 1. The summed E-state index contributed by atoms with van der Waals surface area (Å²) in [6.07, 6.45) is 20.5. The van der Waals surface area contributed by atoms with Gasteiger partial charge in [-0.1, -0.05) is 70.4 Å². The summed E-state index contributed by atoms with van der Waals surface area (Å²) in [5.74, 6) is -2.74. The van der Waals surface area contributed by atoms with Gasteiger partial charge in [-0.3, -0.25) is 14.5 Å². The van der Waals surface area contributed by atoms with Crippen LogP contribution in [0.1, 0.15) is 103 Å². The monoisotopic (exact) mass is 501 g/mol. The molecule has 0 rings (SSSR count). The van der Waals surface area contributed by atoms with Gasteiger partial charge >= 0.3 is 5.97 Å². The Morgan fingerprint density at radius 3 is 1.97 bits per heavy atom. The summed E-state index contributed by atoms with van der Waals surface area (Å²) >= 11 is 0. The van der Waals surface area contributed by atoms with Crippen molar-refractivity contribution in [2.45, 2.75) is 109 Å². The van der Waals surface area contributed by atoms with Crippen molar-refractivity contribution in [1.82, 2.24) is 16.4 Å². The molecule has 0 fully saturated rings. The molecule has 0 aromatic heterocycles. The van der Waals surface area contributed by atoms with E-state index in [0.29, 0.717) is 6.42 Å². The first-order chi connectivity index (χ1) is 16.4. The van der Waals surface area contributed by atoms with Crippen LogP contribution in [0.2, 0.25) is 0 Å². The summed E-state index contributed by atoms with van der Waals surface area (Å²) < 4.78 is 0. The van der Waals surface area contributed by atoms with Crippen molar-refractivity contribution in [2.24, 2.45) is 0 Å². The first kappa shape index (κ1) is 35.2. The average Bonchev–Trinajstić information content (AvgIpc) is 2.78. The van der Waals surface area contributed by atoms with Crippen molar-refractivity contribution in [1.29, 1.82) is 0 Å². The molecule has 0 saturated carbocycles. The lowest BCUT2D eigenvalue weighted by Crippen LogP contribution is -2.52. The van der Waals surface area contributed by atoms with Gasteiger partial charge in [-0.05, 0) is 38.5 Å². The predicted molar refractivity (Wildman–Crippen MR) is 138 cm³/mol. The second-order valence-corrected chi connectivity index (χ2v) is 8.90. The number of carboxylic acid groups (broad SMARTS) is 2. The van der Waals surface area contributed by atoms with E-state index in [2.05, 4.69) is 24.4 Å². The van der Waals surface area contributed by atoms with Crippen molar-refractivity contribution in [3.05, 3.63) is 12.2 Å². The molecule has 1 unspecified atom stereocenters. The van der Waals surface area contributed by atoms with Gasteiger partial charge in [0.1, 0.15) is 0 Å². The Kier molecular flexibility index (Phi) is 25.3. The number of carbonyl (C=O) groups is 3. The minimum atomic E-state index is -1.42. The van der Waals surface area contributed by atoms with E-state index in [-0.39, 0.29) is 38.2 Å². The highest BCUT2D eigenvalue weighted by Gasteiger charge is 2.21. The van der Waals surface area contributed by atoms with Crippen LogP contribution in [0, 0.1) is 0 Å². The third-order valence-corrected chi connectivity index (χ3v) is 5.84. The van der Waals surface area contributed by atoms with Gasteiger partial charge in [0.25, 0.3) is 0 Å². The standard InChI is InChI=1S/C26H48N2O6.H3N/c1-2-3-4-5-6-7-8-9-10-11-12-13-14-15-16-17-24(30)27-19-18-23(26(33)34)28(20-21-29)22-25(31)32;/h9-10,23,29H,2-8,11-22H2,1H3,(H,27,30)(H,31,32)(H,33,34);1H3/b10-9-;. The van der Waals surface area contributed by atoms with Gasteiger partial charge in [0.2, 0.25) is 5.91 Å². The van der Waals surface area contributed by atoms with Crippen molar-refractivity contribution in [3.63, 3.8) is 0 Å². The second-order valence-electron chi connectivity index (χ2n) is 8.90. The molecule has 1 amide bonds. The third-order valence-electron chi connectivity index (χ3n) is 5.84. The third kappa shape index (κ3) is 22.3. The van der Waals surface area contributed by atoms with E-state index >= 15 is 0 Å². The molecule has 35 heavy (non-hydrogen) atoms. The summed E-state index contributed by atoms with van der Waals surface area (Å²) in [5, 5.41) is 32.0. The Labute approximate surface area is 211 Å². The second kappa shape index (κ2) is 25.1. The van der Waals surface area contributed by atoms with E-state index in [4.69, 9.17) is 10.2 Å². The smallest absolute Gasteiger partial charge is 0.317 e. The number of quaternary nitrogens is 1. The lowest BCUT2D eigenvalue weighted by atomic mass is 10.1. The van der Waals surface area contributed by atoms with Crippen LogP contribution in [0.25, 0.3) is 0 Å². The van der Waals surface area contributed by atoms with Crippen LogP contribution in [-0.2, 0) is 14.4 Å². The minimum Gasteiger partial charge on any atom is -0.548 e. The minimum absolute atomic E-state index is 0. The molecule has 0 bridgehead atoms. The maximum absolute atomic E-state index is 12.0. The van der Waals surface area contributed by atoms with E-state index in [1.165, 1.54) is 51.4 Å². The number of allylic oxidation sites excluding steroid dienone is 2. The first-order valence-electron chi connectivity index (χ1n) is 13.1. The number of nitrogens with one attached hydrogen (secondary N) is 1. The Bertz CT molecular complexity index is 571. The van der Waals surface area contributed by atoms with E-state index < -0.39 is 24.5 Å². The quantitative estimate of drug-likeness (QED) is 0.116. The lowest BCUT2D eigenvalue weighted by Gasteiger charge is -2.30. The largest absolute Gasteiger partial charge is 0.548 e. The van der Waals surface area contributed by atoms with Gasteiger partial charge in [0, 0.05) is 19.5 Å². The molecule has 0 aliphatic heterocycles. The number of carbonyl (C=O) groups excluding carboxylic acids is 2. The van der Waals surface area contributed by atoms with Gasteiger partial charge in [-0.15, -0.1) is 0 Å². The molecule has 206 valence electrons. The SMILES string of the molecule is CCCCCCCC/C=C\CCCCCCCC(=O)NCCC(C(=O)[O-])N(CCO)CC(=O)O.[NH4+]. The summed E-state index contributed by atoms with van der Waals surface area (Å²) in [4.78, 5) is 35.4. The van der Waals surface area contributed by atoms with Gasteiger partial charge in [-0.2, -0.15) is 0 Å². The number of hydrogen-bond donors (Lipinski definition) is 4. The van der Waals surface area contributed by atoms with Crippen LogP contribution >= 0.6 is 0 Å². The van der Waals surface area contributed by atoms with Gasteiger partial charge in [-0.25, -0.2) is 0 Å². The first-order valence-corrected chi connectivity index (χ1v) is 13.1. The molecular weight excluding hydrogens is 450 g/mol. The van der Waals surface area contributed by atoms with Crippen molar-refractivity contribution in [3.8, 4) is 0 Å². The lowest BCUT2D eigenvalue weighted by molar-refractivity contribution is -0.312.